The summed E-state index contributed by atoms with van der Waals surface area (Å²) in [5.41, 5.74) is 2.08. The zero-order valence-electron chi connectivity index (χ0n) is 10.5. The van der Waals surface area contributed by atoms with Gasteiger partial charge in [0.1, 0.15) is 17.4 Å². The van der Waals surface area contributed by atoms with Crippen molar-refractivity contribution in [2.45, 2.75) is 12.5 Å². The summed E-state index contributed by atoms with van der Waals surface area (Å²) >= 11 is 11.0. The van der Waals surface area contributed by atoms with Gasteiger partial charge in [-0.2, -0.15) is 0 Å². The second-order valence-electron chi connectivity index (χ2n) is 4.26. The largest absolute Gasteiger partial charge is 0.485 e. The third kappa shape index (κ3) is 2.97. The Morgan fingerprint density at radius 1 is 1.20 bits per heavy atom. The van der Waals surface area contributed by atoms with Crippen LogP contribution >= 0.6 is 38.9 Å². The molecule has 102 valence electrons. The summed E-state index contributed by atoms with van der Waals surface area (Å²) in [6.45, 7) is 0.470. The van der Waals surface area contributed by atoms with Crippen molar-refractivity contribution in [3.05, 3.63) is 57.5 Å². The van der Waals surface area contributed by atoms with Crippen LogP contribution in [0.4, 0.5) is 0 Å². The first-order valence-electron chi connectivity index (χ1n) is 6.08. The lowest BCUT2D eigenvalue weighted by Gasteiger charge is -2.07. The van der Waals surface area contributed by atoms with Gasteiger partial charge >= 0.3 is 0 Å². The number of benzene rings is 2. The Morgan fingerprint density at radius 2 is 2.05 bits per heavy atom. The van der Waals surface area contributed by atoms with Crippen LogP contribution in [0.15, 0.2) is 46.9 Å². The predicted molar refractivity (Wildman–Crippen MR) is 87.7 cm³/mol. The number of hydrogen-bond acceptors (Lipinski definition) is 3. The van der Waals surface area contributed by atoms with E-state index in [2.05, 4.69) is 27.0 Å². The fraction of sp³-hybridized carbons (Fsp3) is 0.133. The molecule has 5 heteroatoms. The molecule has 0 bridgehead atoms. The number of alkyl halides is 1. The SMILES string of the molecule is ClCc1ccc(OCc2nc3ccccc3s2)c(Br)c1. The Kier molecular flexibility index (Phi) is 4.24. The molecule has 3 aromatic rings. The number of ether oxygens (including phenoxy) is 1. The van der Waals surface area contributed by atoms with Crippen LogP contribution in [0.1, 0.15) is 10.6 Å². The fourth-order valence-electron chi connectivity index (χ4n) is 1.87. The Labute approximate surface area is 134 Å². The van der Waals surface area contributed by atoms with Crippen molar-refractivity contribution in [2.24, 2.45) is 0 Å². The molecule has 0 fully saturated rings. The summed E-state index contributed by atoms with van der Waals surface area (Å²) in [6, 6.07) is 14.0. The molecule has 2 aromatic carbocycles. The maximum atomic E-state index is 5.81. The van der Waals surface area contributed by atoms with Crippen molar-refractivity contribution < 1.29 is 4.74 Å². The third-order valence-corrected chi connectivity index (χ3v) is 4.78. The van der Waals surface area contributed by atoms with Crippen LogP contribution < -0.4 is 4.74 Å². The molecule has 0 saturated heterocycles. The Morgan fingerprint density at radius 3 is 2.80 bits per heavy atom. The normalized spacial score (nSPS) is 10.9. The van der Waals surface area contributed by atoms with Gasteiger partial charge in [-0.1, -0.05) is 18.2 Å². The molecule has 0 aliphatic rings. The Bertz CT molecular complexity index is 711. The smallest absolute Gasteiger partial charge is 0.140 e. The molecular weight excluding hydrogens is 358 g/mol. The number of nitrogens with zero attached hydrogens (tertiary/aromatic N) is 1. The van der Waals surface area contributed by atoms with Crippen molar-refractivity contribution in [3.8, 4) is 5.75 Å². The number of aromatic nitrogens is 1. The molecule has 0 radical (unpaired) electrons. The Balaban J connectivity index is 1.75. The van der Waals surface area contributed by atoms with Crippen molar-refractivity contribution >= 4 is 49.1 Å². The highest BCUT2D eigenvalue weighted by molar-refractivity contribution is 9.10. The molecule has 1 heterocycles. The number of hydrogen-bond donors (Lipinski definition) is 0. The second-order valence-corrected chi connectivity index (χ2v) is 6.50. The third-order valence-electron chi connectivity index (χ3n) is 2.84. The average molecular weight is 369 g/mol. The zero-order chi connectivity index (χ0) is 13.9. The van der Waals surface area contributed by atoms with Crippen molar-refractivity contribution in [1.82, 2.24) is 4.98 Å². The van der Waals surface area contributed by atoms with Gasteiger partial charge in [0, 0.05) is 5.88 Å². The first-order chi connectivity index (χ1) is 9.76. The number of thiazole rings is 1. The minimum absolute atomic E-state index is 0.470. The van der Waals surface area contributed by atoms with Crippen LogP contribution in [0.2, 0.25) is 0 Å². The highest BCUT2D eigenvalue weighted by Gasteiger charge is 2.06. The topological polar surface area (TPSA) is 22.1 Å². The standard InChI is InChI=1S/C15H11BrClNOS/c16-11-7-10(8-17)5-6-13(11)19-9-15-18-12-3-1-2-4-14(12)20-15/h1-7H,8-9H2. The lowest BCUT2D eigenvalue weighted by atomic mass is 10.2. The number of fused-ring (bicyclic) bond motifs is 1. The van der Waals surface area contributed by atoms with Crippen LogP contribution in [-0.4, -0.2) is 4.98 Å². The summed E-state index contributed by atoms with van der Waals surface area (Å²) in [6.07, 6.45) is 0. The maximum Gasteiger partial charge on any atom is 0.140 e. The van der Waals surface area contributed by atoms with Crippen LogP contribution in [0, 0.1) is 0 Å². The van der Waals surface area contributed by atoms with Gasteiger partial charge in [-0.05, 0) is 45.8 Å². The van der Waals surface area contributed by atoms with Gasteiger partial charge in [0.15, 0.2) is 0 Å². The van der Waals surface area contributed by atoms with E-state index in [1.807, 2.05) is 36.4 Å². The maximum absolute atomic E-state index is 5.81. The summed E-state index contributed by atoms with van der Waals surface area (Å²) in [4.78, 5) is 4.55. The molecule has 0 atom stereocenters. The summed E-state index contributed by atoms with van der Waals surface area (Å²) < 4.78 is 7.91. The summed E-state index contributed by atoms with van der Waals surface area (Å²) in [7, 11) is 0. The van der Waals surface area contributed by atoms with Crippen LogP contribution in [0.5, 0.6) is 5.75 Å². The monoisotopic (exact) mass is 367 g/mol. The molecule has 0 amide bonds. The van der Waals surface area contributed by atoms with E-state index in [-0.39, 0.29) is 0 Å². The Hall–Kier alpha value is -1.10. The number of para-hydroxylation sites is 1. The first-order valence-corrected chi connectivity index (χ1v) is 8.22. The van der Waals surface area contributed by atoms with E-state index >= 15 is 0 Å². The van der Waals surface area contributed by atoms with Gasteiger partial charge in [0.05, 0.1) is 14.7 Å². The van der Waals surface area contributed by atoms with Crippen LogP contribution in [-0.2, 0) is 12.5 Å². The van der Waals surface area contributed by atoms with E-state index < -0.39 is 0 Å². The zero-order valence-corrected chi connectivity index (χ0v) is 13.6. The lowest BCUT2D eigenvalue weighted by molar-refractivity contribution is 0.304. The van der Waals surface area contributed by atoms with E-state index in [4.69, 9.17) is 16.3 Å². The van der Waals surface area contributed by atoms with E-state index in [1.165, 1.54) is 4.70 Å². The molecule has 0 saturated carbocycles. The summed E-state index contributed by atoms with van der Waals surface area (Å²) in [5.74, 6) is 1.30. The molecule has 0 unspecified atom stereocenters. The van der Waals surface area contributed by atoms with E-state index in [1.54, 1.807) is 11.3 Å². The number of halogens is 2. The first kappa shape index (κ1) is 13.9. The average Bonchev–Trinajstić information content (AvgIpc) is 2.88. The van der Waals surface area contributed by atoms with Gasteiger partial charge in [0.2, 0.25) is 0 Å². The molecule has 0 N–H and O–H groups in total. The van der Waals surface area contributed by atoms with Gasteiger partial charge in [-0.25, -0.2) is 4.98 Å². The lowest BCUT2D eigenvalue weighted by Crippen LogP contribution is -1.95. The van der Waals surface area contributed by atoms with Gasteiger partial charge in [0.25, 0.3) is 0 Å². The quantitative estimate of drug-likeness (QED) is 0.577. The molecule has 3 rings (SSSR count). The number of rotatable bonds is 4. The predicted octanol–water partition coefficient (Wildman–Crippen LogP) is 5.38. The fourth-order valence-corrected chi connectivity index (χ4v) is 3.45. The molecule has 0 spiro atoms. The summed E-state index contributed by atoms with van der Waals surface area (Å²) in [5, 5.41) is 0.972. The van der Waals surface area contributed by atoms with Crippen molar-refractivity contribution in [2.75, 3.05) is 0 Å². The van der Waals surface area contributed by atoms with Gasteiger partial charge < -0.3 is 4.74 Å². The van der Waals surface area contributed by atoms with Crippen molar-refractivity contribution in [3.63, 3.8) is 0 Å². The van der Waals surface area contributed by atoms with Crippen LogP contribution in [0.3, 0.4) is 0 Å². The molecule has 2 nitrogen and oxygen atoms in total. The molecular formula is C15H11BrClNOS. The minimum atomic E-state index is 0.470. The molecule has 0 aliphatic heterocycles. The van der Waals surface area contributed by atoms with Gasteiger partial charge in [-0.15, -0.1) is 22.9 Å². The van der Waals surface area contributed by atoms with Crippen molar-refractivity contribution in [1.29, 1.82) is 0 Å². The molecule has 20 heavy (non-hydrogen) atoms. The van der Waals surface area contributed by atoms with Crippen LogP contribution in [0.25, 0.3) is 10.2 Å². The molecule has 0 aliphatic carbocycles. The highest BCUT2D eigenvalue weighted by atomic mass is 79.9. The minimum Gasteiger partial charge on any atom is -0.485 e. The van der Waals surface area contributed by atoms with Gasteiger partial charge in [-0.3, -0.25) is 0 Å². The second kappa shape index (κ2) is 6.12. The highest BCUT2D eigenvalue weighted by Crippen LogP contribution is 2.28. The van der Waals surface area contributed by atoms with E-state index in [0.29, 0.717) is 12.5 Å². The molecule has 1 aromatic heterocycles. The van der Waals surface area contributed by atoms with E-state index in [9.17, 15) is 0 Å². The van der Waals surface area contributed by atoms with E-state index in [0.717, 1.165) is 26.3 Å².